The van der Waals surface area contributed by atoms with Crippen molar-refractivity contribution >= 4 is 17.7 Å². The van der Waals surface area contributed by atoms with Crippen LogP contribution in [-0.2, 0) is 11.3 Å². The van der Waals surface area contributed by atoms with E-state index in [4.69, 9.17) is 0 Å². The molecule has 1 atom stereocenters. The van der Waals surface area contributed by atoms with Crippen molar-refractivity contribution in [1.29, 1.82) is 0 Å². The number of thioether (sulfide) groups is 1. The van der Waals surface area contributed by atoms with E-state index in [1.54, 1.807) is 23.9 Å². The zero-order chi connectivity index (χ0) is 13.9. The Hall–Kier alpha value is -1.81. The summed E-state index contributed by atoms with van der Waals surface area (Å²) in [7, 11) is 0. The van der Waals surface area contributed by atoms with E-state index in [-0.39, 0.29) is 17.1 Å². The molecular formula is C16H14FNOS. The van der Waals surface area contributed by atoms with Crippen LogP contribution in [0.3, 0.4) is 0 Å². The molecule has 102 valence electrons. The molecule has 2 aromatic carbocycles. The normalized spacial score (nSPS) is 18.6. The Morgan fingerprint density at radius 1 is 1.10 bits per heavy atom. The highest BCUT2D eigenvalue weighted by Gasteiger charge is 2.32. The molecule has 0 bridgehead atoms. The van der Waals surface area contributed by atoms with Crippen LogP contribution in [0.4, 0.5) is 4.39 Å². The molecule has 20 heavy (non-hydrogen) atoms. The van der Waals surface area contributed by atoms with Crippen molar-refractivity contribution in [2.75, 3.05) is 5.75 Å². The van der Waals surface area contributed by atoms with Gasteiger partial charge in [0.05, 0.1) is 5.75 Å². The molecule has 1 heterocycles. The highest BCUT2D eigenvalue weighted by molar-refractivity contribution is 8.00. The first-order chi connectivity index (χ1) is 9.74. The first kappa shape index (κ1) is 13.2. The predicted octanol–water partition coefficient (Wildman–Crippen LogP) is 3.60. The SMILES string of the molecule is O=C1CS[C@@H](c2ccc(F)cc2)N1Cc1ccccc1. The van der Waals surface area contributed by atoms with Crippen LogP contribution in [-0.4, -0.2) is 16.6 Å². The standard InChI is InChI=1S/C16H14FNOS/c17-14-8-6-13(7-9-14)16-18(15(19)11-20-16)10-12-4-2-1-3-5-12/h1-9,16H,10-11H2/t16-/m0/s1. The lowest BCUT2D eigenvalue weighted by Crippen LogP contribution is -2.27. The minimum Gasteiger partial charge on any atom is -0.322 e. The molecule has 1 aliphatic heterocycles. The first-order valence-electron chi connectivity index (χ1n) is 6.44. The molecular weight excluding hydrogens is 273 g/mol. The molecule has 1 aliphatic rings. The summed E-state index contributed by atoms with van der Waals surface area (Å²) in [5.41, 5.74) is 2.08. The van der Waals surface area contributed by atoms with Crippen molar-refractivity contribution in [2.24, 2.45) is 0 Å². The molecule has 0 aromatic heterocycles. The molecule has 0 unspecified atom stereocenters. The van der Waals surface area contributed by atoms with Gasteiger partial charge in [-0.15, -0.1) is 11.8 Å². The van der Waals surface area contributed by atoms with Crippen LogP contribution in [0, 0.1) is 5.82 Å². The van der Waals surface area contributed by atoms with Crippen LogP contribution in [0.2, 0.25) is 0 Å². The number of hydrogen-bond donors (Lipinski definition) is 0. The monoisotopic (exact) mass is 287 g/mol. The maximum atomic E-state index is 13.0. The summed E-state index contributed by atoms with van der Waals surface area (Å²) in [4.78, 5) is 13.9. The summed E-state index contributed by atoms with van der Waals surface area (Å²) >= 11 is 1.59. The van der Waals surface area contributed by atoms with Gasteiger partial charge in [0, 0.05) is 6.54 Å². The smallest absolute Gasteiger partial charge is 0.234 e. The number of nitrogens with zero attached hydrogens (tertiary/aromatic N) is 1. The lowest BCUT2D eigenvalue weighted by atomic mass is 10.1. The van der Waals surface area contributed by atoms with Crippen LogP contribution in [0.5, 0.6) is 0 Å². The molecule has 0 spiro atoms. The Labute approximate surface area is 121 Å². The van der Waals surface area contributed by atoms with E-state index in [1.807, 2.05) is 35.2 Å². The fourth-order valence-corrected chi connectivity index (χ4v) is 3.50. The van der Waals surface area contributed by atoms with Crippen molar-refractivity contribution in [1.82, 2.24) is 4.90 Å². The third kappa shape index (κ3) is 2.70. The van der Waals surface area contributed by atoms with Gasteiger partial charge in [-0.2, -0.15) is 0 Å². The van der Waals surface area contributed by atoms with Crippen molar-refractivity contribution in [2.45, 2.75) is 11.9 Å². The molecule has 0 N–H and O–H groups in total. The van der Waals surface area contributed by atoms with Crippen LogP contribution >= 0.6 is 11.8 Å². The summed E-state index contributed by atoms with van der Waals surface area (Å²) in [6.07, 6.45) is 0. The average molecular weight is 287 g/mol. The largest absolute Gasteiger partial charge is 0.322 e. The Morgan fingerprint density at radius 3 is 2.50 bits per heavy atom. The van der Waals surface area contributed by atoms with Gasteiger partial charge in [-0.25, -0.2) is 4.39 Å². The number of carbonyl (C=O) groups excluding carboxylic acids is 1. The van der Waals surface area contributed by atoms with Crippen LogP contribution in [0.1, 0.15) is 16.5 Å². The van der Waals surface area contributed by atoms with Crippen molar-refractivity contribution in [3.05, 3.63) is 71.5 Å². The van der Waals surface area contributed by atoms with E-state index in [9.17, 15) is 9.18 Å². The van der Waals surface area contributed by atoms with Gasteiger partial charge in [0.25, 0.3) is 0 Å². The summed E-state index contributed by atoms with van der Waals surface area (Å²) in [5, 5.41) is -0.0247. The zero-order valence-electron chi connectivity index (χ0n) is 10.8. The number of halogens is 1. The molecule has 3 rings (SSSR count). The highest BCUT2D eigenvalue weighted by atomic mass is 32.2. The number of rotatable bonds is 3. The fraction of sp³-hybridized carbons (Fsp3) is 0.188. The van der Waals surface area contributed by atoms with Gasteiger partial charge < -0.3 is 4.90 Å². The molecule has 2 nitrogen and oxygen atoms in total. The first-order valence-corrected chi connectivity index (χ1v) is 7.49. The zero-order valence-corrected chi connectivity index (χ0v) is 11.6. The van der Waals surface area contributed by atoms with Gasteiger partial charge in [0.2, 0.25) is 5.91 Å². The molecule has 0 aliphatic carbocycles. The minimum absolute atomic E-state index is 0.0247. The lowest BCUT2D eigenvalue weighted by Gasteiger charge is -2.24. The number of amides is 1. The minimum atomic E-state index is -0.252. The fourth-order valence-electron chi connectivity index (χ4n) is 2.31. The molecule has 1 fully saturated rings. The quantitative estimate of drug-likeness (QED) is 0.859. The third-order valence-electron chi connectivity index (χ3n) is 3.32. The Kier molecular flexibility index (Phi) is 3.74. The topological polar surface area (TPSA) is 20.3 Å². The summed E-state index contributed by atoms with van der Waals surface area (Å²) in [6.45, 7) is 0.592. The van der Waals surface area contributed by atoms with Gasteiger partial charge in [-0.3, -0.25) is 4.79 Å². The van der Waals surface area contributed by atoms with Crippen LogP contribution in [0.25, 0.3) is 0 Å². The van der Waals surface area contributed by atoms with Gasteiger partial charge in [-0.1, -0.05) is 42.5 Å². The van der Waals surface area contributed by atoms with Gasteiger partial charge >= 0.3 is 0 Å². The Bertz CT molecular complexity index is 600. The maximum absolute atomic E-state index is 13.0. The molecule has 0 saturated carbocycles. The second-order valence-electron chi connectivity index (χ2n) is 4.72. The number of carbonyl (C=O) groups is 1. The Balaban J connectivity index is 1.83. The second-order valence-corrected chi connectivity index (χ2v) is 5.79. The van der Waals surface area contributed by atoms with E-state index in [0.717, 1.165) is 11.1 Å². The van der Waals surface area contributed by atoms with Crippen molar-refractivity contribution in [3.63, 3.8) is 0 Å². The molecule has 0 radical (unpaired) electrons. The van der Waals surface area contributed by atoms with E-state index in [2.05, 4.69) is 0 Å². The van der Waals surface area contributed by atoms with Crippen LogP contribution < -0.4 is 0 Å². The molecule has 4 heteroatoms. The lowest BCUT2D eigenvalue weighted by molar-refractivity contribution is -0.128. The maximum Gasteiger partial charge on any atom is 0.234 e. The summed E-state index contributed by atoms with van der Waals surface area (Å²) in [6, 6.07) is 16.3. The molecule has 1 saturated heterocycles. The number of hydrogen-bond acceptors (Lipinski definition) is 2. The highest BCUT2D eigenvalue weighted by Crippen LogP contribution is 2.39. The Morgan fingerprint density at radius 2 is 1.80 bits per heavy atom. The van der Waals surface area contributed by atoms with Crippen molar-refractivity contribution < 1.29 is 9.18 Å². The second kappa shape index (κ2) is 5.67. The van der Waals surface area contributed by atoms with E-state index >= 15 is 0 Å². The van der Waals surface area contributed by atoms with Crippen molar-refractivity contribution in [3.8, 4) is 0 Å². The summed E-state index contributed by atoms with van der Waals surface area (Å²) in [5.74, 6) is 0.361. The van der Waals surface area contributed by atoms with Crippen LogP contribution in [0.15, 0.2) is 54.6 Å². The number of benzene rings is 2. The van der Waals surface area contributed by atoms with E-state index in [1.165, 1.54) is 12.1 Å². The van der Waals surface area contributed by atoms with E-state index in [0.29, 0.717) is 12.3 Å². The molecule has 2 aromatic rings. The molecule has 1 amide bonds. The summed E-state index contributed by atoms with van der Waals surface area (Å²) < 4.78 is 13.0. The van der Waals surface area contributed by atoms with Gasteiger partial charge in [0.15, 0.2) is 0 Å². The van der Waals surface area contributed by atoms with Gasteiger partial charge in [-0.05, 0) is 23.3 Å². The third-order valence-corrected chi connectivity index (χ3v) is 4.58. The predicted molar refractivity (Wildman–Crippen MR) is 78.6 cm³/mol. The van der Waals surface area contributed by atoms with E-state index < -0.39 is 0 Å². The average Bonchev–Trinajstić information content (AvgIpc) is 2.83. The van der Waals surface area contributed by atoms with Gasteiger partial charge in [0.1, 0.15) is 11.2 Å².